The Morgan fingerprint density at radius 2 is 2.06 bits per heavy atom. The van der Waals surface area contributed by atoms with Crippen molar-refractivity contribution in [2.24, 2.45) is 5.73 Å². The second-order valence-electron chi connectivity index (χ2n) is 4.89. The van der Waals surface area contributed by atoms with E-state index < -0.39 is 0 Å². The summed E-state index contributed by atoms with van der Waals surface area (Å²) in [6, 6.07) is 0.175. The fourth-order valence-corrected chi connectivity index (χ4v) is 2.70. The summed E-state index contributed by atoms with van der Waals surface area (Å²) in [5.74, 6) is 0.176. The van der Waals surface area contributed by atoms with Gasteiger partial charge in [0, 0.05) is 32.1 Å². The Bertz CT molecular complexity index is 312. The second-order valence-corrected chi connectivity index (χ2v) is 4.89. The maximum absolute atomic E-state index is 12.1. The SMILES string of the molecule is Cl.NCC1CCCCN1C(=O)CN1CCCC1=O. The third-order valence-electron chi connectivity index (χ3n) is 3.72. The van der Waals surface area contributed by atoms with Crippen LogP contribution in [-0.4, -0.2) is 53.8 Å². The van der Waals surface area contributed by atoms with Crippen LogP contribution in [0.1, 0.15) is 32.1 Å². The van der Waals surface area contributed by atoms with E-state index in [0.717, 1.165) is 38.8 Å². The molecule has 0 aromatic rings. The van der Waals surface area contributed by atoms with E-state index in [0.29, 0.717) is 13.0 Å². The van der Waals surface area contributed by atoms with Gasteiger partial charge in [-0.1, -0.05) is 0 Å². The van der Waals surface area contributed by atoms with E-state index in [1.54, 1.807) is 4.90 Å². The third-order valence-corrected chi connectivity index (χ3v) is 3.72. The lowest BCUT2D eigenvalue weighted by molar-refractivity contribution is -0.140. The summed E-state index contributed by atoms with van der Waals surface area (Å²) >= 11 is 0. The molecule has 0 aromatic carbocycles. The average molecular weight is 276 g/mol. The first kappa shape index (κ1) is 15.2. The smallest absolute Gasteiger partial charge is 0.242 e. The van der Waals surface area contributed by atoms with Gasteiger partial charge in [0.2, 0.25) is 11.8 Å². The molecule has 2 aliphatic heterocycles. The fraction of sp³-hybridized carbons (Fsp3) is 0.833. The van der Waals surface area contributed by atoms with Crippen LogP contribution in [0.15, 0.2) is 0 Å². The van der Waals surface area contributed by atoms with Gasteiger partial charge in [0.15, 0.2) is 0 Å². The van der Waals surface area contributed by atoms with E-state index in [4.69, 9.17) is 5.73 Å². The molecular formula is C12H22ClN3O2. The fourth-order valence-electron chi connectivity index (χ4n) is 2.70. The van der Waals surface area contributed by atoms with E-state index in [-0.39, 0.29) is 36.8 Å². The number of likely N-dealkylation sites (tertiary alicyclic amines) is 2. The first-order valence-electron chi connectivity index (χ1n) is 6.49. The van der Waals surface area contributed by atoms with Gasteiger partial charge in [-0.3, -0.25) is 9.59 Å². The van der Waals surface area contributed by atoms with Crippen LogP contribution < -0.4 is 5.73 Å². The van der Waals surface area contributed by atoms with Crippen molar-refractivity contribution in [1.29, 1.82) is 0 Å². The Hall–Kier alpha value is -0.810. The molecule has 0 spiro atoms. The van der Waals surface area contributed by atoms with E-state index in [2.05, 4.69) is 0 Å². The van der Waals surface area contributed by atoms with Gasteiger partial charge in [-0.15, -0.1) is 12.4 Å². The van der Waals surface area contributed by atoms with Crippen molar-refractivity contribution >= 4 is 24.2 Å². The highest BCUT2D eigenvalue weighted by Gasteiger charge is 2.29. The van der Waals surface area contributed by atoms with Crippen LogP contribution in [0.4, 0.5) is 0 Å². The van der Waals surface area contributed by atoms with Crippen molar-refractivity contribution in [2.75, 3.05) is 26.2 Å². The lowest BCUT2D eigenvalue weighted by atomic mass is 10.0. The summed E-state index contributed by atoms with van der Waals surface area (Å²) in [5, 5.41) is 0. The van der Waals surface area contributed by atoms with E-state index in [9.17, 15) is 9.59 Å². The molecule has 2 amide bonds. The monoisotopic (exact) mass is 275 g/mol. The Balaban J connectivity index is 0.00000162. The number of nitrogens with zero attached hydrogens (tertiary/aromatic N) is 2. The van der Waals surface area contributed by atoms with E-state index >= 15 is 0 Å². The number of hydrogen-bond acceptors (Lipinski definition) is 3. The topological polar surface area (TPSA) is 66.6 Å². The van der Waals surface area contributed by atoms with Crippen molar-refractivity contribution in [1.82, 2.24) is 9.80 Å². The number of halogens is 1. The molecule has 18 heavy (non-hydrogen) atoms. The molecule has 1 unspecified atom stereocenters. The molecule has 0 aromatic heterocycles. The van der Waals surface area contributed by atoms with Crippen molar-refractivity contribution in [3.63, 3.8) is 0 Å². The molecule has 104 valence electrons. The minimum atomic E-state index is 0. The Kier molecular flexibility index (Phi) is 5.88. The van der Waals surface area contributed by atoms with Gasteiger partial charge in [-0.2, -0.15) is 0 Å². The van der Waals surface area contributed by atoms with Gasteiger partial charge in [-0.05, 0) is 25.7 Å². The zero-order valence-corrected chi connectivity index (χ0v) is 11.5. The van der Waals surface area contributed by atoms with Crippen LogP contribution in [0, 0.1) is 0 Å². The van der Waals surface area contributed by atoms with Crippen LogP contribution in [-0.2, 0) is 9.59 Å². The first-order valence-corrected chi connectivity index (χ1v) is 6.49. The highest BCUT2D eigenvalue weighted by molar-refractivity contribution is 5.86. The van der Waals surface area contributed by atoms with Crippen molar-refractivity contribution in [3.05, 3.63) is 0 Å². The van der Waals surface area contributed by atoms with Crippen molar-refractivity contribution in [2.45, 2.75) is 38.1 Å². The van der Waals surface area contributed by atoms with Gasteiger partial charge in [0.25, 0.3) is 0 Å². The maximum Gasteiger partial charge on any atom is 0.242 e. The Labute approximate surface area is 114 Å². The van der Waals surface area contributed by atoms with Crippen LogP contribution >= 0.6 is 12.4 Å². The molecule has 0 aliphatic carbocycles. The number of carbonyl (C=O) groups excluding carboxylic acids is 2. The number of carbonyl (C=O) groups is 2. The Morgan fingerprint density at radius 3 is 2.67 bits per heavy atom. The molecule has 0 radical (unpaired) electrons. The van der Waals surface area contributed by atoms with Crippen molar-refractivity contribution < 1.29 is 9.59 Å². The minimum Gasteiger partial charge on any atom is -0.337 e. The molecule has 5 nitrogen and oxygen atoms in total. The molecule has 2 rings (SSSR count). The van der Waals surface area contributed by atoms with Gasteiger partial charge < -0.3 is 15.5 Å². The number of amides is 2. The highest BCUT2D eigenvalue weighted by Crippen LogP contribution is 2.17. The Morgan fingerprint density at radius 1 is 1.28 bits per heavy atom. The minimum absolute atomic E-state index is 0. The van der Waals surface area contributed by atoms with Gasteiger partial charge in [0.1, 0.15) is 0 Å². The number of hydrogen-bond donors (Lipinski definition) is 1. The number of rotatable bonds is 3. The molecule has 2 saturated heterocycles. The molecule has 2 N–H and O–H groups in total. The molecule has 2 aliphatic rings. The first-order chi connectivity index (χ1) is 8.22. The summed E-state index contributed by atoms with van der Waals surface area (Å²) in [4.78, 5) is 27.2. The molecule has 6 heteroatoms. The van der Waals surface area contributed by atoms with Crippen molar-refractivity contribution in [3.8, 4) is 0 Å². The summed E-state index contributed by atoms with van der Waals surface area (Å²) < 4.78 is 0. The normalized spacial score (nSPS) is 24.1. The molecule has 2 heterocycles. The third kappa shape index (κ3) is 3.36. The highest BCUT2D eigenvalue weighted by atomic mass is 35.5. The number of piperidine rings is 1. The summed E-state index contributed by atoms with van der Waals surface area (Å²) in [6.07, 6.45) is 4.67. The second kappa shape index (κ2) is 6.95. The molecule has 0 bridgehead atoms. The largest absolute Gasteiger partial charge is 0.337 e. The summed E-state index contributed by atoms with van der Waals surface area (Å²) in [5.41, 5.74) is 5.69. The quantitative estimate of drug-likeness (QED) is 0.809. The molecular weight excluding hydrogens is 254 g/mol. The lowest BCUT2D eigenvalue weighted by Gasteiger charge is -2.36. The molecule has 0 saturated carbocycles. The predicted octanol–water partition coefficient (Wildman–Crippen LogP) is 0.370. The summed E-state index contributed by atoms with van der Waals surface area (Å²) in [6.45, 7) is 2.30. The zero-order chi connectivity index (χ0) is 12.3. The average Bonchev–Trinajstić information content (AvgIpc) is 2.75. The zero-order valence-electron chi connectivity index (χ0n) is 10.6. The standard InChI is InChI=1S/C12H21N3O2.ClH/c13-8-10-4-1-2-7-15(10)12(17)9-14-6-3-5-11(14)16;/h10H,1-9,13H2;1H. The van der Waals surface area contributed by atoms with Crippen LogP contribution in [0.25, 0.3) is 0 Å². The number of nitrogens with two attached hydrogens (primary N) is 1. The van der Waals surface area contributed by atoms with Gasteiger partial charge in [-0.25, -0.2) is 0 Å². The van der Waals surface area contributed by atoms with E-state index in [1.807, 2.05) is 4.90 Å². The van der Waals surface area contributed by atoms with Crippen LogP contribution in [0.5, 0.6) is 0 Å². The summed E-state index contributed by atoms with van der Waals surface area (Å²) in [7, 11) is 0. The maximum atomic E-state index is 12.1. The van der Waals surface area contributed by atoms with Gasteiger partial charge >= 0.3 is 0 Å². The predicted molar refractivity (Wildman–Crippen MR) is 71.5 cm³/mol. The molecule has 2 fully saturated rings. The molecule has 1 atom stereocenters. The van der Waals surface area contributed by atoms with E-state index in [1.165, 1.54) is 0 Å². The van der Waals surface area contributed by atoms with Crippen LogP contribution in [0.2, 0.25) is 0 Å². The van der Waals surface area contributed by atoms with Gasteiger partial charge in [0.05, 0.1) is 6.54 Å². The van der Waals surface area contributed by atoms with Crippen LogP contribution in [0.3, 0.4) is 0 Å². The lowest BCUT2D eigenvalue weighted by Crippen LogP contribution is -2.50.